The molecule has 5 nitrogen and oxygen atoms in total. The van der Waals surface area contributed by atoms with Crippen molar-refractivity contribution < 1.29 is 23.7 Å². The second kappa shape index (κ2) is 7.94. The number of ether oxygens (including phenoxy) is 4. The van der Waals surface area contributed by atoms with E-state index in [0.29, 0.717) is 0 Å². The van der Waals surface area contributed by atoms with Gasteiger partial charge in [-0.2, -0.15) is 0 Å². The summed E-state index contributed by atoms with van der Waals surface area (Å²) in [6, 6.07) is 11.7. The molecule has 0 aliphatic rings. The molecule has 0 saturated carbocycles. The summed E-state index contributed by atoms with van der Waals surface area (Å²) >= 11 is 0. The number of benzene rings is 2. The van der Waals surface area contributed by atoms with E-state index in [1.165, 1.54) is 14.2 Å². The van der Waals surface area contributed by atoms with Crippen LogP contribution >= 0.6 is 0 Å². The molecule has 0 aliphatic heterocycles. The maximum Gasteiger partial charge on any atom is 0.313 e. The number of fused-ring (bicyclic) bond motifs is 1. The molecule has 2 aromatic rings. The van der Waals surface area contributed by atoms with Gasteiger partial charge in [0.05, 0.1) is 13.0 Å². The smallest absolute Gasteiger partial charge is 0.313 e. The van der Waals surface area contributed by atoms with Gasteiger partial charge in [0.15, 0.2) is 6.29 Å². The van der Waals surface area contributed by atoms with Crippen molar-refractivity contribution in [2.24, 2.45) is 0 Å². The summed E-state index contributed by atoms with van der Waals surface area (Å²) in [6.07, 6.45) is -0.546. The van der Waals surface area contributed by atoms with Crippen LogP contribution in [-0.4, -0.2) is 40.2 Å². The van der Waals surface area contributed by atoms with Gasteiger partial charge in [-0.3, -0.25) is 4.79 Å². The lowest BCUT2D eigenvalue weighted by molar-refractivity contribution is -0.167. The molecule has 0 bridgehead atoms. The lowest BCUT2D eigenvalue weighted by atomic mass is 9.98. The number of carbonyl (C=O) groups is 1. The number of hydrogen-bond donors (Lipinski definition) is 0. The quantitative estimate of drug-likeness (QED) is 0.580. The molecule has 0 spiro atoms. The molecule has 23 heavy (non-hydrogen) atoms. The van der Waals surface area contributed by atoms with Gasteiger partial charge < -0.3 is 18.9 Å². The van der Waals surface area contributed by atoms with Gasteiger partial charge >= 0.3 is 5.97 Å². The van der Waals surface area contributed by atoms with E-state index < -0.39 is 6.29 Å². The van der Waals surface area contributed by atoms with Crippen LogP contribution in [0.5, 0.6) is 5.75 Å². The van der Waals surface area contributed by atoms with Gasteiger partial charge in [0.1, 0.15) is 12.4 Å². The molecule has 2 aromatic carbocycles. The van der Waals surface area contributed by atoms with E-state index in [9.17, 15) is 4.79 Å². The largest absolute Gasteiger partial charge is 0.497 e. The van der Waals surface area contributed by atoms with Crippen molar-refractivity contribution >= 4 is 16.7 Å². The molecule has 0 heterocycles. The minimum atomic E-state index is -0.546. The van der Waals surface area contributed by atoms with Crippen LogP contribution in [-0.2, 0) is 19.0 Å². The molecular formula is C18H22O5. The Hall–Kier alpha value is -2.11. The lowest BCUT2D eigenvalue weighted by Crippen LogP contribution is -2.24. The van der Waals surface area contributed by atoms with Gasteiger partial charge in [0.25, 0.3) is 0 Å². The maximum atomic E-state index is 12.2. The predicted octanol–water partition coefficient (Wildman–Crippen LogP) is 3.11. The van der Waals surface area contributed by atoms with Crippen LogP contribution in [0.3, 0.4) is 0 Å². The molecule has 0 amide bonds. The second-order valence-corrected chi connectivity index (χ2v) is 5.23. The molecule has 124 valence electrons. The van der Waals surface area contributed by atoms with Crippen molar-refractivity contribution in [2.75, 3.05) is 27.9 Å². The Bertz CT molecular complexity index is 664. The zero-order valence-corrected chi connectivity index (χ0v) is 13.9. The van der Waals surface area contributed by atoms with Gasteiger partial charge in [0.2, 0.25) is 0 Å². The Labute approximate surface area is 136 Å². The fraction of sp³-hybridized carbons (Fsp3) is 0.389. The highest BCUT2D eigenvalue weighted by molar-refractivity contribution is 5.86. The monoisotopic (exact) mass is 318 g/mol. The zero-order chi connectivity index (χ0) is 16.8. The standard InChI is InChI=1S/C18H22O5/c1-12(18(19)23-11-17(21-3)22-4)13-5-6-15-10-16(20-2)8-7-14(15)9-13/h5-10,12,17H,11H2,1-4H3/t12-/m0/s1. The van der Waals surface area contributed by atoms with Gasteiger partial charge in [-0.1, -0.05) is 24.3 Å². The minimum Gasteiger partial charge on any atom is -0.497 e. The van der Waals surface area contributed by atoms with Crippen LogP contribution in [0, 0.1) is 0 Å². The number of rotatable bonds is 7. The molecule has 0 aliphatic carbocycles. The Balaban J connectivity index is 2.10. The molecular weight excluding hydrogens is 296 g/mol. The normalized spacial score (nSPS) is 12.4. The van der Waals surface area contributed by atoms with E-state index in [1.54, 1.807) is 7.11 Å². The van der Waals surface area contributed by atoms with Crippen LogP contribution in [0.1, 0.15) is 18.4 Å². The second-order valence-electron chi connectivity index (χ2n) is 5.23. The third-order valence-electron chi connectivity index (χ3n) is 3.81. The van der Waals surface area contributed by atoms with E-state index in [4.69, 9.17) is 18.9 Å². The van der Waals surface area contributed by atoms with Crippen molar-refractivity contribution in [3.05, 3.63) is 42.0 Å². The summed E-state index contributed by atoms with van der Waals surface area (Å²) < 4.78 is 20.5. The van der Waals surface area contributed by atoms with E-state index in [-0.39, 0.29) is 18.5 Å². The zero-order valence-electron chi connectivity index (χ0n) is 13.9. The first kappa shape index (κ1) is 17.2. The van der Waals surface area contributed by atoms with Crippen molar-refractivity contribution in [1.82, 2.24) is 0 Å². The maximum absolute atomic E-state index is 12.2. The first-order valence-corrected chi connectivity index (χ1v) is 7.39. The summed E-state index contributed by atoms with van der Waals surface area (Å²) in [5.41, 5.74) is 0.902. The number of methoxy groups -OCH3 is 3. The predicted molar refractivity (Wildman–Crippen MR) is 87.7 cm³/mol. The van der Waals surface area contributed by atoms with E-state index in [2.05, 4.69) is 0 Å². The first-order valence-electron chi connectivity index (χ1n) is 7.39. The highest BCUT2D eigenvalue weighted by Gasteiger charge is 2.19. The molecule has 0 saturated heterocycles. The van der Waals surface area contributed by atoms with Gasteiger partial charge in [-0.25, -0.2) is 0 Å². The molecule has 5 heteroatoms. The lowest BCUT2D eigenvalue weighted by Gasteiger charge is -2.16. The SMILES string of the molecule is COc1ccc2cc([C@H](C)C(=O)OCC(OC)OC)ccc2c1. The molecule has 0 N–H and O–H groups in total. The Morgan fingerprint density at radius 2 is 1.65 bits per heavy atom. The number of hydrogen-bond acceptors (Lipinski definition) is 5. The third kappa shape index (κ3) is 4.21. The Morgan fingerprint density at radius 3 is 2.30 bits per heavy atom. The fourth-order valence-corrected chi connectivity index (χ4v) is 2.28. The van der Waals surface area contributed by atoms with Crippen molar-refractivity contribution in [2.45, 2.75) is 19.1 Å². The van der Waals surface area contributed by atoms with Gasteiger partial charge in [-0.05, 0) is 35.4 Å². The number of carbonyl (C=O) groups excluding carboxylic acids is 1. The van der Waals surface area contributed by atoms with E-state index in [0.717, 1.165) is 22.1 Å². The van der Waals surface area contributed by atoms with Gasteiger partial charge in [0, 0.05) is 14.2 Å². The first-order chi connectivity index (χ1) is 11.1. The van der Waals surface area contributed by atoms with Crippen LogP contribution in [0.2, 0.25) is 0 Å². The Morgan fingerprint density at radius 1 is 1.00 bits per heavy atom. The summed E-state index contributed by atoms with van der Waals surface area (Å²) in [6.45, 7) is 1.89. The topological polar surface area (TPSA) is 54.0 Å². The minimum absolute atomic E-state index is 0.0704. The molecule has 0 radical (unpaired) electrons. The van der Waals surface area contributed by atoms with Crippen molar-refractivity contribution in [1.29, 1.82) is 0 Å². The summed E-state index contributed by atoms with van der Waals surface area (Å²) in [5.74, 6) is 0.135. The van der Waals surface area contributed by atoms with Crippen LogP contribution < -0.4 is 4.74 Å². The van der Waals surface area contributed by atoms with Gasteiger partial charge in [-0.15, -0.1) is 0 Å². The van der Waals surface area contributed by atoms with E-state index in [1.807, 2.05) is 43.3 Å². The van der Waals surface area contributed by atoms with Crippen LogP contribution in [0.4, 0.5) is 0 Å². The molecule has 0 fully saturated rings. The van der Waals surface area contributed by atoms with E-state index >= 15 is 0 Å². The summed E-state index contributed by atoms with van der Waals surface area (Å²) in [4.78, 5) is 12.2. The summed E-state index contributed by atoms with van der Waals surface area (Å²) in [7, 11) is 4.65. The molecule has 0 unspecified atom stereocenters. The highest BCUT2D eigenvalue weighted by Crippen LogP contribution is 2.25. The Kier molecular flexibility index (Phi) is 5.96. The molecule has 1 atom stereocenters. The van der Waals surface area contributed by atoms with Crippen LogP contribution in [0.15, 0.2) is 36.4 Å². The molecule has 0 aromatic heterocycles. The highest BCUT2D eigenvalue weighted by atomic mass is 16.7. The third-order valence-corrected chi connectivity index (χ3v) is 3.81. The average Bonchev–Trinajstić information content (AvgIpc) is 2.60. The molecule has 2 rings (SSSR count). The van der Waals surface area contributed by atoms with Crippen molar-refractivity contribution in [3.63, 3.8) is 0 Å². The fourth-order valence-electron chi connectivity index (χ4n) is 2.28. The van der Waals surface area contributed by atoms with Crippen LogP contribution in [0.25, 0.3) is 10.8 Å². The average molecular weight is 318 g/mol. The number of esters is 1. The summed E-state index contributed by atoms with van der Waals surface area (Å²) in [5, 5.41) is 2.11. The van der Waals surface area contributed by atoms with Crippen molar-refractivity contribution in [3.8, 4) is 5.75 Å².